The van der Waals surface area contributed by atoms with E-state index in [1.165, 1.54) is 31.0 Å². The van der Waals surface area contributed by atoms with Crippen LogP contribution in [0.2, 0.25) is 0 Å². The molecule has 8 heteroatoms. The van der Waals surface area contributed by atoms with Crippen molar-refractivity contribution in [2.24, 2.45) is 5.92 Å². The maximum Gasteiger partial charge on any atom is 0.321 e. The van der Waals surface area contributed by atoms with Crippen molar-refractivity contribution in [1.82, 2.24) is 4.90 Å². The highest BCUT2D eigenvalue weighted by molar-refractivity contribution is 5.89. The first kappa shape index (κ1) is 16.4. The summed E-state index contributed by atoms with van der Waals surface area (Å²) in [5.74, 6) is -1.70. The van der Waals surface area contributed by atoms with Crippen molar-refractivity contribution in [3.05, 3.63) is 33.9 Å². The lowest BCUT2D eigenvalue weighted by atomic mass is 10.2. The molecule has 114 valence electrons. The molecule has 1 aromatic carbocycles. The van der Waals surface area contributed by atoms with Crippen molar-refractivity contribution in [3.8, 4) is 0 Å². The van der Waals surface area contributed by atoms with Gasteiger partial charge in [0.2, 0.25) is 0 Å². The lowest BCUT2D eigenvalue weighted by Crippen LogP contribution is -2.36. The van der Waals surface area contributed by atoms with Crippen LogP contribution in [0.25, 0.3) is 0 Å². The van der Waals surface area contributed by atoms with E-state index in [4.69, 9.17) is 5.11 Å². The van der Waals surface area contributed by atoms with E-state index in [-0.39, 0.29) is 17.9 Å². The summed E-state index contributed by atoms with van der Waals surface area (Å²) in [6.45, 7) is 3.13. The van der Waals surface area contributed by atoms with Gasteiger partial charge in [0, 0.05) is 30.9 Å². The van der Waals surface area contributed by atoms with Crippen molar-refractivity contribution in [3.63, 3.8) is 0 Å². The number of carboxylic acids is 1. The fourth-order valence-electron chi connectivity index (χ4n) is 1.67. The van der Waals surface area contributed by atoms with Gasteiger partial charge in [-0.1, -0.05) is 13.0 Å². The smallest absolute Gasteiger partial charge is 0.321 e. The second-order valence-corrected chi connectivity index (χ2v) is 4.81. The van der Waals surface area contributed by atoms with E-state index in [0.29, 0.717) is 5.56 Å². The van der Waals surface area contributed by atoms with Crippen LogP contribution in [0, 0.1) is 23.0 Å². The minimum atomic E-state index is -0.999. The predicted octanol–water partition coefficient (Wildman–Crippen LogP) is 2.09. The highest BCUT2D eigenvalue weighted by Gasteiger charge is 2.18. The lowest BCUT2D eigenvalue weighted by molar-refractivity contribution is -0.385. The summed E-state index contributed by atoms with van der Waals surface area (Å²) >= 11 is 0. The Hall–Kier alpha value is -2.64. The third kappa shape index (κ3) is 4.44. The minimum absolute atomic E-state index is 0.0368. The molecule has 21 heavy (non-hydrogen) atoms. The monoisotopic (exact) mass is 295 g/mol. The van der Waals surface area contributed by atoms with Crippen LogP contribution in [-0.4, -0.2) is 40.5 Å². The Morgan fingerprint density at radius 3 is 2.62 bits per heavy atom. The van der Waals surface area contributed by atoms with E-state index < -0.39 is 22.8 Å². The number of carbonyl (C=O) groups excluding carboxylic acids is 1. The summed E-state index contributed by atoms with van der Waals surface area (Å²) in [4.78, 5) is 34.1. The molecule has 8 nitrogen and oxygen atoms in total. The van der Waals surface area contributed by atoms with Gasteiger partial charge < -0.3 is 15.3 Å². The van der Waals surface area contributed by atoms with Gasteiger partial charge in [0.25, 0.3) is 5.69 Å². The normalized spacial score (nSPS) is 11.6. The molecule has 2 amide bonds. The van der Waals surface area contributed by atoms with Crippen molar-refractivity contribution >= 4 is 23.4 Å². The number of carbonyl (C=O) groups is 2. The zero-order chi connectivity index (χ0) is 16.2. The average Bonchev–Trinajstić information content (AvgIpc) is 2.40. The highest BCUT2D eigenvalue weighted by atomic mass is 16.6. The number of carboxylic acid groups (broad SMARTS) is 1. The van der Waals surface area contributed by atoms with Crippen LogP contribution in [0.5, 0.6) is 0 Å². The topological polar surface area (TPSA) is 113 Å². The molecular formula is C13H17N3O5. The number of aryl methyl sites for hydroxylation is 1. The molecule has 0 bridgehead atoms. The third-order valence-corrected chi connectivity index (χ3v) is 2.97. The maximum absolute atomic E-state index is 11.9. The molecule has 0 aromatic heterocycles. The molecule has 0 spiro atoms. The second kappa shape index (κ2) is 6.69. The SMILES string of the molecule is Cc1ccc(NC(=O)N(C)CC(C)C(=O)O)cc1[N+](=O)[O-]. The van der Waals surface area contributed by atoms with Gasteiger partial charge in [-0.3, -0.25) is 14.9 Å². The van der Waals surface area contributed by atoms with Gasteiger partial charge in [0.15, 0.2) is 0 Å². The maximum atomic E-state index is 11.9. The number of aliphatic carboxylic acids is 1. The molecule has 1 atom stereocenters. The average molecular weight is 295 g/mol. The number of nitro benzene ring substituents is 1. The largest absolute Gasteiger partial charge is 0.481 e. The highest BCUT2D eigenvalue weighted by Crippen LogP contribution is 2.22. The number of nitrogens with one attached hydrogen (secondary N) is 1. The van der Waals surface area contributed by atoms with Crippen LogP contribution in [0.3, 0.4) is 0 Å². The molecular weight excluding hydrogens is 278 g/mol. The molecule has 1 rings (SSSR count). The Labute approximate surface area is 121 Å². The van der Waals surface area contributed by atoms with Gasteiger partial charge in [-0.05, 0) is 13.0 Å². The van der Waals surface area contributed by atoms with Gasteiger partial charge in [-0.15, -0.1) is 0 Å². The van der Waals surface area contributed by atoms with Crippen molar-refractivity contribution in [2.45, 2.75) is 13.8 Å². The van der Waals surface area contributed by atoms with Crippen LogP contribution in [0.15, 0.2) is 18.2 Å². The molecule has 0 aliphatic carbocycles. The fraction of sp³-hybridized carbons (Fsp3) is 0.385. The van der Waals surface area contributed by atoms with E-state index in [9.17, 15) is 19.7 Å². The van der Waals surface area contributed by atoms with Crippen LogP contribution in [0.4, 0.5) is 16.2 Å². The first-order valence-corrected chi connectivity index (χ1v) is 6.22. The summed E-state index contributed by atoms with van der Waals surface area (Å²) in [6.07, 6.45) is 0. The Morgan fingerprint density at radius 2 is 2.10 bits per heavy atom. The summed E-state index contributed by atoms with van der Waals surface area (Å²) in [5.41, 5.74) is 0.687. The molecule has 0 saturated heterocycles. The van der Waals surface area contributed by atoms with Crippen LogP contribution < -0.4 is 5.32 Å². The van der Waals surface area contributed by atoms with Crippen LogP contribution in [0.1, 0.15) is 12.5 Å². The third-order valence-electron chi connectivity index (χ3n) is 2.97. The first-order valence-electron chi connectivity index (χ1n) is 6.22. The number of nitrogens with zero attached hydrogens (tertiary/aromatic N) is 2. The van der Waals surface area contributed by atoms with Gasteiger partial charge in [0.05, 0.1) is 10.8 Å². The number of anilines is 1. The van der Waals surface area contributed by atoms with Crippen molar-refractivity contribution in [2.75, 3.05) is 18.9 Å². The quantitative estimate of drug-likeness (QED) is 0.638. The lowest BCUT2D eigenvalue weighted by Gasteiger charge is -2.20. The molecule has 1 aromatic rings. The molecule has 0 fully saturated rings. The minimum Gasteiger partial charge on any atom is -0.481 e. The fourth-order valence-corrected chi connectivity index (χ4v) is 1.67. The number of hydrogen-bond donors (Lipinski definition) is 2. The molecule has 0 heterocycles. The predicted molar refractivity (Wildman–Crippen MR) is 76.3 cm³/mol. The zero-order valence-electron chi connectivity index (χ0n) is 12.0. The number of benzene rings is 1. The molecule has 0 aliphatic heterocycles. The summed E-state index contributed by atoms with van der Waals surface area (Å²) in [6, 6.07) is 3.82. The van der Waals surface area contributed by atoms with E-state index in [0.717, 1.165) is 0 Å². The zero-order valence-corrected chi connectivity index (χ0v) is 12.0. The van der Waals surface area contributed by atoms with Crippen molar-refractivity contribution in [1.29, 1.82) is 0 Å². The Bertz CT molecular complexity index is 573. The number of nitro groups is 1. The van der Waals surface area contributed by atoms with E-state index >= 15 is 0 Å². The number of rotatable bonds is 5. The molecule has 2 N–H and O–H groups in total. The van der Waals surface area contributed by atoms with Crippen LogP contribution >= 0.6 is 0 Å². The van der Waals surface area contributed by atoms with Gasteiger partial charge >= 0.3 is 12.0 Å². The standard InChI is InChI=1S/C13H17N3O5/c1-8-4-5-10(6-11(8)16(20)21)14-13(19)15(3)7-9(2)12(17)18/h4-6,9H,7H2,1-3H3,(H,14,19)(H,17,18). The van der Waals surface area contributed by atoms with E-state index in [1.807, 2.05) is 0 Å². The molecule has 0 aliphatic rings. The van der Waals surface area contributed by atoms with Gasteiger partial charge in [0.1, 0.15) is 0 Å². The summed E-state index contributed by atoms with van der Waals surface area (Å²) in [7, 11) is 1.46. The second-order valence-electron chi connectivity index (χ2n) is 4.81. The Morgan fingerprint density at radius 1 is 1.48 bits per heavy atom. The van der Waals surface area contributed by atoms with Crippen molar-refractivity contribution < 1.29 is 19.6 Å². The first-order chi connectivity index (χ1) is 9.72. The van der Waals surface area contributed by atoms with E-state index in [2.05, 4.69) is 5.32 Å². The number of urea groups is 1. The number of amides is 2. The van der Waals surface area contributed by atoms with Gasteiger partial charge in [-0.2, -0.15) is 0 Å². The Balaban J connectivity index is 2.77. The Kier molecular flexibility index (Phi) is 5.23. The molecule has 0 radical (unpaired) electrons. The number of hydrogen-bond acceptors (Lipinski definition) is 4. The van der Waals surface area contributed by atoms with E-state index in [1.54, 1.807) is 13.0 Å². The summed E-state index contributed by atoms with van der Waals surface area (Å²) < 4.78 is 0. The van der Waals surface area contributed by atoms with Crippen LogP contribution in [-0.2, 0) is 4.79 Å². The molecule has 1 unspecified atom stereocenters. The van der Waals surface area contributed by atoms with Gasteiger partial charge in [-0.25, -0.2) is 4.79 Å². The molecule has 0 saturated carbocycles. The summed E-state index contributed by atoms with van der Waals surface area (Å²) in [5, 5.41) is 22.1.